The molecule has 0 unspecified atom stereocenters. The molecular weight excluding hydrogens is 272 g/mol. The SMILES string of the molecule is CNC(=O)[C@H](C#N)C(=O)c1cccc(-c2noc(C)n2)c1. The molecule has 0 bridgehead atoms. The molecule has 21 heavy (non-hydrogen) atoms. The zero-order chi connectivity index (χ0) is 15.4. The number of hydrogen-bond acceptors (Lipinski definition) is 6. The third-order valence-electron chi connectivity index (χ3n) is 2.83. The highest BCUT2D eigenvalue weighted by atomic mass is 16.5. The zero-order valence-corrected chi connectivity index (χ0v) is 11.5. The Balaban J connectivity index is 2.35. The minimum absolute atomic E-state index is 0.241. The summed E-state index contributed by atoms with van der Waals surface area (Å²) < 4.78 is 4.88. The molecule has 0 fully saturated rings. The minimum atomic E-state index is -1.38. The number of nitrogens with one attached hydrogen (secondary N) is 1. The maximum atomic E-state index is 12.2. The summed E-state index contributed by atoms with van der Waals surface area (Å²) >= 11 is 0. The molecule has 0 spiro atoms. The number of carbonyl (C=O) groups is 2. The standard InChI is InChI=1S/C14H12N4O3/c1-8-17-13(18-21-8)10-5-3-4-9(6-10)12(19)11(7-15)14(20)16-2/h3-6,11H,1-2H3,(H,16,20)/t11-/m1/s1. The zero-order valence-electron chi connectivity index (χ0n) is 11.5. The predicted octanol–water partition coefficient (Wildman–Crippen LogP) is 1.11. The maximum absolute atomic E-state index is 12.2. The van der Waals surface area contributed by atoms with Crippen LogP contribution in [-0.2, 0) is 4.79 Å². The van der Waals surface area contributed by atoms with Crippen LogP contribution in [0.15, 0.2) is 28.8 Å². The molecule has 0 radical (unpaired) electrons. The van der Waals surface area contributed by atoms with Gasteiger partial charge >= 0.3 is 0 Å². The number of rotatable bonds is 4. The lowest BCUT2D eigenvalue weighted by Gasteiger charge is -2.07. The number of nitrogens with zero attached hydrogens (tertiary/aromatic N) is 3. The van der Waals surface area contributed by atoms with E-state index in [2.05, 4.69) is 15.5 Å². The summed E-state index contributed by atoms with van der Waals surface area (Å²) in [7, 11) is 1.37. The largest absolute Gasteiger partial charge is 0.358 e. The number of hydrogen-bond donors (Lipinski definition) is 1. The Bertz CT molecular complexity index is 730. The molecule has 0 saturated carbocycles. The summed E-state index contributed by atoms with van der Waals surface area (Å²) in [6.45, 7) is 1.66. The summed E-state index contributed by atoms with van der Waals surface area (Å²) in [5.74, 6) is -1.84. The van der Waals surface area contributed by atoms with Crippen molar-refractivity contribution in [3.05, 3.63) is 35.7 Å². The highest BCUT2D eigenvalue weighted by Gasteiger charge is 2.26. The van der Waals surface area contributed by atoms with Crippen LogP contribution in [0.25, 0.3) is 11.4 Å². The van der Waals surface area contributed by atoms with Gasteiger partial charge in [-0.3, -0.25) is 9.59 Å². The third kappa shape index (κ3) is 2.95. The quantitative estimate of drug-likeness (QED) is 0.665. The summed E-state index contributed by atoms with van der Waals surface area (Å²) in [5, 5.41) is 15.0. The lowest BCUT2D eigenvalue weighted by atomic mass is 9.96. The van der Waals surface area contributed by atoms with Crippen LogP contribution in [0.5, 0.6) is 0 Å². The van der Waals surface area contributed by atoms with E-state index in [1.54, 1.807) is 25.1 Å². The number of amides is 1. The van der Waals surface area contributed by atoms with Crippen molar-refractivity contribution in [2.45, 2.75) is 6.92 Å². The Morgan fingerprint density at radius 3 is 2.76 bits per heavy atom. The highest BCUT2D eigenvalue weighted by molar-refractivity contribution is 6.12. The van der Waals surface area contributed by atoms with E-state index >= 15 is 0 Å². The molecule has 0 saturated heterocycles. The molecule has 1 atom stereocenters. The molecule has 0 aliphatic heterocycles. The van der Waals surface area contributed by atoms with Crippen molar-refractivity contribution in [2.75, 3.05) is 7.05 Å². The number of Topliss-reactive ketones (excluding diaryl/α,β-unsaturated/α-hetero) is 1. The van der Waals surface area contributed by atoms with Crippen molar-refractivity contribution in [2.24, 2.45) is 5.92 Å². The highest BCUT2D eigenvalue weighted by Crippen LogP contribution is 2.19. The van der Waals surface area contributed by atoms with Gasteiger partial charge in [-0.25, -0.2) is 0 Å². The minimum Gasteiger partial charge on any atom is -0.358 e. The van der Waals surface area contributed by atoms with Gasteiger partial charge in [0.1, 0.15) is 0 Å². The summed E-state index contributed by atoms with van der Waals surface area (Å²) in [6.07, 6.45) is 0. The fourth-order valence-electron chi connectivity index (χ4n) is 1.78. The van der Waals surface area contributed by atoms with E-state index in [0.717, 1.165) is 0 Å². The van der Waals surface area contributed by atoms with E-state index in [9.17, 15) is 9.59 Å². The van der Waals surface area contributed by atoms with Gasteiger partial charge in [-0.1, -0.05) is 23.4 Å². The monoisotopic (exact) mass is 284 g/mol. The fourth-order valence-corrected chi connectivity index (χ4v) is 1.78. The van der Waals surface area contributed by atoms with Gasteiger partial charge in [0.05, 0.1) is 6.07 Å². The van der Waals surface area contributed by atoms with Crippen molar-refractivity contribution in [3.63, 3.8) is 0 Å². The molecule has 0 aliphatic rings. The van der Waals surface area contributed by atoms with Crippen LogP contribution in [0.3, 0.4) is 0 Å². The Morgan fingerprint density at radius 1 is 1.43 bits per heavy atom. The molecule has 1 aromatic heterocycles. The van der Waals surface area contributed by atoms with Gasteiger partial charge in [0.2, 0.25) is 17.6 Å². The van der Waals surface area contributed by atoms with Crippen LogP contribution < -0.4 is 5.32 Å². The van der Waals surface area contributed by atoms with Gasteiger partial charge in [-0.15, -0.1) is 0 Å². The number of ketones is 1. The second-order valence-corrected chi connectivity index (χ2v) is 4.26. The van der Waals surface area contributed by atoms with Gasteiger partial charge in [0, 0.05) is 25.1 Å². The fraction of sp³-hybridized carbons (Fsp3) is 0.214. The number of benzene rings is 1. The van der Waals surface area contributed by atoms with E-state index in [0.29, 0.717) is 17.3 Å². The summed E-state index contributed by atoms with van der Waals surface area (Å²) in [6, 6.07) is 8.11. The lowest BCUT2D eigenvalue weighted by Crippen LogP contribution is -2.32. The Morgan fingerprint density at radius 2 is 2.19 bits per heavy atom. The van der Waals surface area contributed by atoms with Crippen LogP contribution in [0.4, 0.5) is 0 Å². The lowest BCUT2D eigenvalue weighted by molar-refractivity contribution is -0.121. The molecule has 1 aromatic carbocycles. The summed E-state index contributed by atoms with van der Waals surface area (Å²) in [4.78, 5) is 27.8. The maximum Gasteiger partial charge on any atom is 0.245 e. The first-order valence-electron chi connectivity index (χ1n) is 6.13. The smallest absolute Gasteiger partial charge is 0.245 e. The van der Waals surface area contributed by atoms with Crippen LogP contribution in [-0.4, -0.2) is 28.9 Å². The third-order valence-corrected chi connectivity index (χ3v) is 2.83. The Hall–Kier alpha value is -3.01. The number of aryl methyl sites for hydroxylation is 1. The van der Waals surface area contributed by atoms with E-state index in [1.165, 1.54) is 19.2 Å². The second-order valence-electron chi connectivity index (χ2n) is 4.26. The van der Waals surface area contributed by atoms with Crippen molar-refractivity contribution in [1.82, 2.24) is 15.5 Å². The van der Waals surface area contributed by atoms with Gasteiger partial charge in [0.15, 0.2) is 11.7 Å². The molecule has 1 heterocycles. The van der Waals surface area contributed by atoms with Crippen LogP contribution in [0, 0.1) is 24.2 Å². The normalized spacial score (nSPS) is 11.5. The van der Waals surface area contributed by atoms with Crippen molar-refractivity contribution in [3.8, 4) is 17.5 Å². The van der Waals surface area contributed by atoms with E-state index in [1.807, 2.05) is 0 Å². The van der Waals surface area contributed by atoms with Crippen LogP contribution in [0.2, 0.25) is 0 Å². The van der Waals surface area contributed by atoms with Crippen molar-refractivity contribution in [1.29, 1.82) is 5.26 Å². The first-order chi connectivity index (χ1) is 10.1. The molecule has 7 nitrogen and oxygen atoms in total. The molecule has 2 rings (SSSR count). The van der Waals surface area contributed by atoms with Crippen LogP contribution >= 0.6 is 0 Å². The predicted molar refractivity (Wildman–Crippen MR) is 72.0 cm³/mol. The van der Waals surface area contributed by atoms with Gasteiger partial charge in [0.25, 0.3) is 0 Å². The van der Waals surface area contributed by atoms with E-state index < -0.39 is 17.6 Å². The molecular formula is C14H12N4O3. The average molecular weight is 284 g/mol. The average Bonchev–Trinajstić information content (AvgIpc) is 2.94. The van der Waals surface area contributed by atoms with Gasteiger partial charge in [-0.2, -0.15) is 10.2 Å². The van der Waals surface area contributed by atoms with E-state index in [-0.39, 0.29) is 5.56 Å². The van der Waals surface area contributed by atoms with Crippen LogP contribution in [0.1, 0.15) is 16.2 Å². The van der Waals surface area contributed by atoms with E-state index in [4.69, 9.17) is 9.78 Å². The second kappa shape index (κ2) is 5.96. The first-order valence-corrected chi connectivity index (χ1v) is 6.13. The Kier molecular flexibility index (Phi) is 4.09. The molecule has 7 heteroatoms. The van der Waals surface area contributed by atoms with Crippen molar-refractivity contribution < 1.29 is 14.1 Å². The molecule has 0 aliphatic carbocycles. The van der Waals surface area contributed by atoms with Gasteiger partial charge < -0.3 is 9.84 Å². The molecule has 1 amide bonds. The van der Waals surface area contributed by atoms with Gasteiger partial charge in [-0.05, 0) is 6.07 Å². The number of carbonyl (C=O) groups excluding carboxylic acids is 2. The molecule has 2 aromatic rings. The van der Waals surface area contributed by atoms with Crippen molar-refractivity contribution >= 4 is 11.7 Å². The first kappa shape index (κ1) is 14.4. The summed E-state index contributed by atoms with van der Waals surface area (Å²) in [5.41, 5.74) is 0.816. The number of aromatic nitrogens is 2. The topological polar surface area (TPSA) is 109 Å². The number of nitriles is 1. The molecule has 1 N–H and O–H groups in total. The molecule has 106 valence electrons. The Labute approximate surface area is 120 Å².